The molecule has 0 unspecified atom stereocenters. The van der Waals surface area contributed by atoms with Gasteiger partial charge in [-0.25, -0.2) is 4.79 Å². The van der Waals surface area contributed by atoms with E-state index >= 15 is 0 Å². The van der Waals surface area contributed by atoms with Gasteiger partial charge in [0.1, 0.15) is 5.75 Å². The van der Waals surface area contributed by atoms with Crippen LogP contribution in [0.5, 0.6) is 5.75 Å². The van der Waals surface area contributed by atoms with E-state index in [9.17, 15) is 13.6 Å². The number of carbonyl (C=O) groups excluding carboxylic acids is 1. The summed E-state index contributed by atoms with van der Waals surface area (Å²) in [7, 11) is 0. The van der Waals surface area contributed by atoms with Gasteiger partial charge in [-0.15, -0.1) is 0 Å². The van der Waals surface area contributed by atoms with Crippen LogP contribution in [0.4, 0.5) is 19.3 Å². The van der Waals surface area contributed by atoms with Gasteiger partial charge >= 0.3 is 12.6 Å². The summed E-state index contributed by atoms with van der Waals surface area (Å²) in [6.45, 7) is -2.71. The lowest BCUT2D eigenvalue weighted by Crippen LogP contribution is -2.28. The summed E-state index contributed by atoms with van der Waals surface area (Å²) < 4.78 is 28.7. The van der Waals surface area contributed by atoms with E-state index in [1.807, 2.05) is 6.07 Å². The number of rotatable bonds is 5. The maximum absolute atomic E-state index is 12.2. The Hall–Kier alpha value is -2.41. The number of nitrogens with zero attached hydrogens (tertiary/aromatic N) is 1. The van der Waals surface area contributed by atoms with Crippen molar-refractivity contribution in [3.63, 3.8) is 0 Å². The van der Waals surface area contributed by atoms with Crippen LogP contribution >= 0.6 is 11.6 Å². The van der Waals surface area contributed by atoms with Gasteiger partial charge in [0, 0.05) is 30.7 Å². The van der Waals surface area contributed by atoms with Gasteiger partial charge in [0.05, 0.1) is 5.02 Å². The summed E-state index contributed by atoms with van der Waals surface area (Å²) in [5.41, 5.74) is 1.11. The predicted molar refractivity (Wildman–Crippen MR) is 78.2 cm³/mol. The molecule has 0 aliphatic rings. The van der Waals surface area contributed by atoms with Crippen molar-refractivity contribution in [3.8, 4) is 5.75 Å². The molecule has 2 amide bonds. The molecular weight excluding hydrogens is 316 g/mol. The Kier molecular flexibility index (Phi) is 5.48. The number of amides is 2. The summed E-state index contributed by atoms with van der Waals surface area (Å²) in [5, 5.41) is 5.14. The number of hydrogen-bond donors (Lipinski definition) is 2. The zero-order valence-corrected chi connectivity index (χ0v) is 12.0. The molecule has 0 saturated heterocycles. The molecule has 22 heavy (non-hydrogen) atoms. The molecule has 2 N–H and O–H groups in total. The summed E-state index contributed by atoms with van der Waals surface area (Å²) >= 11 is 5.72. The van der Waals surface area contributed by atoms with E-state index in [2.05, 4.69) is 20.4 Å². The topological polar surface area (TPSA) is 63.2 Å². The normalized spacial score (nSPS) is 10.4. The van der Waals surface area contributed by atoms with Gasteiger partial charge in [-0.05, 0) is 23.8 Å². The van der Waals surface area contributed by atoms with Crippen molar-refractivity contribution in [2.24, 2.45) is 0 Å². The average molecular weight is 328 g/mol. The minimum Gasteiger partial charge on any atom is -0.433 e. The minimum absolute atomic E-state index is 0.0293. The zero-order chi connectivity index (χ0) is 15.9. The predicted octanol–water partition coefficient (Wildman–Crippen LogP) is 3.66. The fourth-order valence-electron chi connectivity index (χ4n) is 1.63. The zero-order valence-electron chi connectivity index (χ0n) is 11.2. The van der Waals surface area contributed by atoms with Crippen LogP contribution in [0.25, 0.3) is 0 Å². The van der Waals surface area contributed by atoms with Gasteiger partial charge in [0.25, 0.3) is 0 Å². The second-order valence-electron chi connectivity index (χ2n) is 4.19. The summed E-state index contributed by atoms with van der Waals surface area (Å²) in [6.07, 6.45) is 3.25. The number of urea groups is 1. The van der Waals surface area contributed by atoms with Crippen LogP contribution < -0.4 is 15.4 Å². The Morgan fingerprint density at radius 1 is 1.36 bits per heavy atom. The molecule has 0 fully saturated rings. The van der Waals surface area contributed by atoms with E-state index in [0.717, 1.165) is 5.56 Å². The number of hydrogen-bond acceptors (Lipinski definition) is 3. The fraction of sp³-hybridized carbons (Fsp3) is 0.143. The number of anilines is 1. The summed E-state index contributed by atoms with van der Waals surface area (Å²) in [6, 6.07) is 7.12. The lowest BCUT2D eigenvalue weighted by atomic mass is 10.3. The second kappa shape index (κ2) is 7.56. The van der Waals surface area contributed by atoms with Crippen LogP contribution in [0.2, 0.25) is 5.02 Å². The highest BCUT2D eigenvalue weighted by atomic mass is 35.5. The molecule has 1 aromatic heterocycles. The second-order valence-corrected chi connectivity index (χ2v) is 4.60. The van der Waals surface area contributed by atoms with Crippen LogP contribution in [-0.2, 0) is 6.54 Å². The molecule has 2 aromatic rings. The van der Waals surface area contributed by atoms with Crippen molar-refractivity contribution in [1.29, 1.82) is 0 Å². The number of pyridine rings is 1. The minimum atomic E-state index is -2.99. The first-order valence-corrected chi connectivity index (χ1v) is 6.60. The molecule has 8 heteroatoms. The summed E-state index contributed by atoms with van der Waals surface area (Å²) in [4.78, 5) is 15.7. The lowest BCUT2D eigenvalue weighted by Gasteiger charge is -2.11. The maximum atomic E-state index is 12.2. The van der Waals surface area contributed by atoms with Crippen molar-refractivity contribution in [2.75, 3.05) is 5.32 Å². The van der Waals surface area contributed by atoms with Crippen LogP contribution in [0.3, 0.4) is 0 Å². The van der Waals surface area contributed by atoms with E-state index in [0.29, 0.717) is 0 Å². The number of alkyl halides is 2. The Bertz CT molecular complexity index is 641. The molecule has 0 saturated carbocycles. The van der Waals surface area contributed by atoms with Crippen LogP contribution in [0, 0.1) is 0 Å². The van der Waals surface area contributed by atoms with Gasteiger partial charge in [-0.1, -0.05) is 17.7 Å². The number of aromatic nitrogens is 1. The Morgan fingerprint density at radius 3 is 2.86 bits per heavy atom. The van der Waals surface area contributed by atoms with Crippen LogP contribution in [-0.4, -0.2) is 17.6 Å². The first-order valence-electron chi connectivity index (χ1n) is 6.22. The number of carbonyl (C=O) groups is 1. The first kappa shape index (κ1) is 16.0. The standard InChI is InChI=1S/C14H12ClF2N3O2/c15-11-4-3-10(6-12(11)22-13(16)17)20-14(21)19-8-9-2-1-5-18-7-9/h1-7,13H,8H2,(H2,19,20,21). The summed E-state index contributed by atoms with van der Waals surface area (Å²) in [5.74, 6) is -0.207. The molecule has 0 atom stereocenters. The molecule has 116 valence electrons. The highest BCUT2D eigenvalue weighted by Gasteiger charge is 2.10. The smallest absolute Gasteiger partial charge is 0.387 e. The van der Waals surface area contributed by atoms with Crippen molar-refractivity contribution >= 4 is 23.3 Å². The molecule has 0 spiro atoms. The largest absolute Gasteiger partial charge is 0.433 e. The average Bonchev–Trinajstić information content (AvgIpc) is 2.49. The molecular formula is C14H12ClF2N3O2. The van der Waals surface area contributed by atoms with Gasteiger partial charge in [-0.2, -0.15) is 8.78 Å². The van der Waals surface area contributed by atoms with E-state index < -0.39 is 12.6 Å². The number of nitrogens with one attached hydrogen (secondary N) is 2. The Labute approximate surface area is 130 Å². The van der Waals surface area contributed by atoms with Crippen molar-refractivity contribution in [2.45, 2.75) is 13.2 Å². The van der Waals surface area contributed by atoms with Crippen LogP contribution in [0.15, 0.2) is 42.7 Å². The third-order valence-electron chi connectivity index (χ3n) is 2.58. The number of benzene rings is 1. The monoisotopic (exact) mass is 327 g/mol. The molecule has 1 heterocycles. The number of halogens is 3. The van der Waals surface area contributed by atoms with Gasteiger partial charge in [0.15, 0.2) is 0 Å². The molecule has 1 aromatic carbocycles. The van der Waals surface area contributed by atoms with Crippen molar-refractivity contribution in [3.05, 3.63) is 53.3 Å². The van der Waals surface area contributed by atoms with Crippen molar-refractivity contribution < 1.29 is 18.3 Å². The van der Waals surface area contributed by atoms with Gasteiger partial charge in [-0.3, -0.25) is 4.98 Å². The third kappa shape index (κ3) is 4.85. The van der Waals surface area contributed by atoms with E-state index in [4.69, 9.17) is 11.6 Å². The van der Waals surface area contributed by atoms with Gasteiger partial charge in [0.2, 0.25) is 0 Å². The number of ether oxygens (including phenoxy) is 1. The SMILES string of the molecule is O=C(NCc1cccnc1)Nc1ccc(Cl)c(OC(F)F)c1. The molecule has 0 radical (unpaired) electrons. The first-order chi connectivity index (χ1) is 10.5. The van der Waals surface area contributed by atoms with Gasteiger partial charge < -0.3 is 15.4 Å². The van der Waals surface area contributed by atoms with Crippen molar-refractivity contribution in [1.82, 2.24) is 10.3 Å². The molecule has 0 aliphatic carbocycles. The Morgan fingerprint density at radius 2 is 2.18 bits per heavy atom. The van der Waals surface area contributed by atoms with E-state index in [1.54, 1.807) is 18.5 Å². The lowest BCUT2D eigenvalue weighted by molar-refractivity contribution is -0.0497. The quantitative estimate of drug-likeness (QED) is 0.881. The highest BCUT2D eigenvalue weighted by Crippen LogP contribution is 2.29. The maximum Gasteiger partial charge on any atom is 0.387 e. The Balaban J connectivity index is 1.93. The van der Waals surface area contributed by atoms with E-state index in [1.165, 1.54) is 18.2 Å². The highest BCUT2D eigenvalue weighted by molar-refractivity contribution is 6.32. The van der Waals surface area contributed by atoms with E-state index in [-0.39, 0.29) is 23.0 Å². The molecule has 0 bridgehead atoms. The molecule has 0 aliphatic heterocycles. The van der Waals surface area contributed by atoms with Crippen LogP contribution in [0.1, 0.15) is 5.56 Å². The third-order valence-corrected chi connectivity index (χ3v) is 2.89. The molecule has 2 rings (SSSR count). The molecule has 5 nitrogen and oxygen atoms in total. The fourth-order valence-corrected chi connectivity index (χ4v) is 1.79.